The molecule has 9 heteroatoms. The zero-order valence-corrected chi connectivity index (χ0v) is 20.2. The zero-order valence-electron chi connectivity index (χ0n) is 19.4. The molecule has 35 heavy (non-hydrogen) atoms. The number of hydrogen-bond donors (Lipinski definition) is 1. The first-order valence-corrected chi connectivity index (χ1v) is 13.1. The van der Waals surface area contributed by atoms with Gasteiger partial charge in [-0.3, -0.25) is 4.79 Å². The van der Waals surface area contributed by atoms with E-state index in [4.69, 9.17) is 0 Å². The second kappa shape index (κ2) is 9.75. The highest BCUT2D eigenvalue weighted by Crippen LogP contribution is 2.29. The first kappa shape index (κ1) is 24.8. The fraction of sp³-hybridized carbons (Fsp3) is 0.269. The molecule has 1 N–H and O–H groups in total. The number of carbonyl (C=O) groups excluding carboxylic acids is 1. The number of aliphatic hydroxyl groups is 1. The van der Waals surface area contributed by atoms with E-state index in [9.17, 15) is 27.1 Å². The molecule has 0 aromatic heterocycles. The average Bonchev–Trinajstić information content (AvgIpc) is 2.83. The van der Waals surface area contributed by atoms with Gasteiger partial charge < -0.3 is 14.9 Å². The molecule has 0 aliphatic carbocycles. The average molecular weight is 501 g/mol. The number of carbonyl (C=O) groups is 1. The lowest BCUT2D eigenvalue weighted by atomic mass is 9.98. The fourth-order valence-corrected chi connectivity index (χ4v) is 4.82. The minimum atomic E-state index is -3.55. The molecule has 6 nitrogen and oxygen atoms in total. The molecule has 1 fully saturated rings. The van der Waals surface area contributed by atoms with Crippen LogP contribution in [0.3, 0.4) is 0 Å². The van der Waals surface area contributed by atoms with Gasteiger partial charge in [-0.2, -0.15) is 0 Å². The summed E-state index contributed by atoms with van der Waals surface area (Å²) in [4.78, 5) is 17.0. The molecular formula is C26H26F2N2O4S. The number of rotatable bonds is 5. The van der Waals surface area contributed by atoms with Crippen molar-refractivity contribution in [3.8, 4) is 11.1 Å². The number of halogens is 2. The smallest absolute Gasteiger partial charge is 0.254 e. The Bertz CT molecular complexity index is 1350. The van der Waals surface area contributed by atoms with Crippen molar-refractivity contribution >= 4 is 21.4 Å². The van der Waals surface area contributed by atoms with Gasteiger partial charge in [-0.1, -0.05) is 24.3 Å². The minimum absolute atomic E-state index is 0.0191. The van der Waals surface area contributed by atoms with E-state index in [1.54, 1.807) is 42.2 Å². The van der Waals surface area contributed by atoms with E-state index in [0.717, 1.165) is 6.26 Å². The summed E-state index contributed by atoms with van der Waals surface area (Å²) in [7, 11) is -3.55. The highest BCUT2D eigenvalue weighted by molar-refractivity contribution is 7.90. The van der Waals surface area contributed by atoms with E-state index < -0.39 is 27.6 Å². The van der Waals surface area contributed by atoms with Gasteiger partial charge in [-0.25, -0.2) is 17.2 Å². The molecule has 0 radical (unpaired) electrons. The molecule has 3 aromatic carbocycles. The molecule has 1 amide bonds. The summed E-state index contributed by atoms with van der Waals surface area (Å²) in [5.41, 5.74) is 2.19. The topological polar surface area (TPSA) is 77.9 Å². The molecule has 0 spiro atoms. The number of aliphatic hydroxyl groups excluding tert-OH is 1. The van der Waals surface area contributed by atoms with Gasteiger partial charge in [0.25, 0.3) is 5.91 Å². The molecule has 184 valence electrons. The van der Waals surface area contributed by atoms with Crippen molar-refractivity contribution in [2.24, 2.45) is 0 Å². The first-order valence-electron chi connectivity index (χ1n) is 11.2. The molecular weight excluding hydrogens is 474 g/mol. The third-order valence-corrected chi connectivity index (χ3v) is 7.28. The Morgan fingerprint density at radius 1 is 0.943 bits per heavy atom. The first-order chi connectivity index (χ1) is 16.5. The Kier molecular flexibility index (Phi) is 6.91. The van der Waals surface area contributed by atoms with Crippen LogP contribution in [0.25, 0.3) is 11.1 Å². The van der Waals surface area contributed by atoms with Gasteiger partial charge in [0.2, 0.25) is 0 Å². The van der Waals surface area contributed by atoms with Crippen LogP contribution in [0.5, 0.6) is 0 Å². The molecule has 1 atom stereocenters. The number of piperazine rings is 1. The normalized spacial score (nSPS) is 15.2. The van der Waals surface area contributed by atoms with Crippen LogP contribution in [-0.2, 0) is 9.84 Å². The largest absolute Gasteiger partial charge is 0.389 e. The fourth-order valence-electron chi connectivity index (χ4n) is 4.17. The molecule has 4 rings (SSSR count). The Balaban J connectivity index is 1.59. The third kappa shape index (κ3) is 5.36. The van der Waals surface area contributed by atoms with Crippen LogP contribution >= 0.6 is 0 Å². The van der Waals surface area contributed by atoms with Crippen LogP contribution in [0.15, 0.2) is 65.6 Å². The quantitative estimate of drug-likeness (QED) is 0.572. The van der Waals surface area contributed by atoms with Crippen molar-refractivity contribution in [3.05, 3.63) is 83.4 Å². The predicted molar refractivity (Wildman–Crippen MR) is 130 cm³/mol. The van der Waals surface area contributed by atoms with Crippen molar-refractivity contribution in [3.63, 3.8) is 0 Å². The highest BCUT2D eigenvalue weighted by Gasteiger charge is 2.27. The van der Waals surface area contributed by atoms with E-state index in [1.807, 2.05) is 4.90 Å². The Morgan fingerprint density at radius 3 is 2.17 bits per heavy atom. The molecule has 1 unspecified atom stereocenters. The van der Waals surface area contributed by atoms with Gasteiger partial charge in [-0.15, -0.1) is 0 Å². The summed E-state index contributed by atoms with van der Waals surface area (Å²) in [6.45, 7) is 2.95. The van der Waals surface area contributed by atoms with E-state index in [0.29, 0.717) is 48.6 Å². The third-order valence-electron chi connectivity index (χ3n) is 6.17. The number of hydrogen-bond acceptors (Lipinski definition) is 5. The SMILES string of the molecule is CC(O)c1ccc(N2CCN(C(=O)c3cc(S(C)(=O)=O)ccc3-c3ccc(F)cc3)CC2)c(F)c1. The van der Waals surface area contributed by atoms with Crippen LogP contribution in [0.4, 0.5) is 14.5 Å². The summed E-state index contributed by atoms with van der Waals surface area (Å²) < 4.78 is 52.3. The van der Waals surface area contributed by atoms with E-state index >= 15 is 0 Å². The van der Waals surface area contributed by atoms with Crippen molar-refractivity contribution in [2.75, 3.05) is 37.3 Å². The van der Waals surface area contributed by atoms with Crippen molar-refractivity contribution in [1.82, 2.24) is 4.90 Å². The molecule has 1 saturated heterocycles. The maximum absolute atomic E-state index is 14.6. The number of amides is 1. The molecule has 1 aliphatic rings. The van der Waals surface area contributed by atoms with Gasteiger partial charge in [0, 0.05) is 38.0 Å². The van der Waals surface area contributed by atoms with E-state index in [1.165, 1.54) is 30.3 Å². The van der Waals surface area contributed by atoms with E-state index in [2.05, 4.69) is 0 Å². The lowest BCUT2D eigenvalue weighted by molar-refractivity contribution is 0.0747. The van der Waals surface area contributed by atoms with Gasteiger partial charge in [-0.05, 0) is 60.0 Å². The molecule has 1 heterocycles. The van der Waals surface area contributed by atoms with Gasteiger partial charge >= 0.3 is 0 Å². The lowest BCUT2D eigenvalue weighted by Crippen LogP contribution is -2.49. The van der Waals surface area contributed by atoms with Crippen molar-refractivity contribution in [2.45, 2.75) is 17.9 Å². The maximum atomic E-state index is 14.6. The van der Waals surface area contributed by atoms with Crippen molar-refractivity contribution < 1.29 is 27.1 Å². The summed E-state index contributed by atoms with van der Waals surface area (Å²) in [6, 6.07) is 14.6. The second-order valence-electron chi connectivity index (χ2n) is 8.65. The summed E-state index contributed by atoms with van der Waals surface area (Å²) in [5, 5.41) is 9.66. The van der Waals surface area contributed by atoms with Crippen LogP contribution < -0.4 is 4.90 Å². The van der Waals surface area contributed by atoms with Crippen molar-refractivity contribution in [1.29, 1.82) is 0 Å². The molecule has 3 aromatic rings. The number of benzene rings is 3. The van der Waals surface area contributed by atoms with Crippen LogP contribution in [-0.4, -0.2) is 56.8 Å². The van der Waals surface area contributed by atoms with Crippen LogP contribution in [0, 0.1) is 11.6 Å². The van der Waals surface area contributed by atoms with Gasteiger partial charge in [0.1, 0.15) is 11.6 Å². The minimum Gasteiger partial charge on any atom is -0.389 e. The summed E-state index contributed by atoms with van der Waals surface area (Å²) in [5.74, 6) is -1.21. The molecule has 0 bridgehead atoms. The van der Waals surface area contributed by atoms with Crippen LogP contribution in [0.1, 0.15) is 28.9 Å². The number of nitrogens with zero attached hydrogens (tertiary/aromatic N) is 2. The number of sulfone groups is 1. The Labute approximate surface area is 203 Å². The lowest BCUT2D eigenvalue weighted by Gasteiger charge is -2.36. The highest BCUT2D eigenvalue weighted by atomic mass is 32.2. The zero-order chi connectivity index (χ0) is 25.3. The number of anilines is 1. The predicted octanol–water partition coefficient (Wildman–Crippen LogP) is 4.05. The monoisotopic (exact) mass is 500 g/mol. The summed E-state index contributed by atoms with van der Waals surface area (Å²) >= 11 is 0. The van der Waals surface area contributed by atoms with Crippen LogP contribution in [0.2, 0.25) is 0 Å². The Morgan fingerprint density at radius 2 is 1.60 bits per heavy atom. The standard InChI is InChI=1S/C26H26F2N2O4S/c1-17(31)19-5-10-25(24(28)15-19)29-11-13-30(14-12-29)26(32)23-16-21(35(2,33)34)8-9-22(23)18-3-6-20(27)7-4-18/h3-10,15-17,31H,11-14H2,1-2H3. The summed E-state index contributed by atoms with van der Waals surface area (Å²) in [6.07, 6.45) is 0.301. The Hall–Kier alpha value is -3.30. The van der Waals surface area contributed by atoms with E-state index in [-0.39, 0.29) is 16.4 Å². The molecule has 1 aliphatic heterocycles. The second-order valence-corrected chi connectivity index (χ2v) is 10.7. The van der Waals surface area contributed by atoms with Gasteiger partial charge in [0.15, 0.2) is 9.84 Å². The molecule has 0 saturated carbocycles. The maximum Gasteiger partial charge on any atom is 0.254 e. The van der Waals surface area contributed by atoms with Gasteiger partial charge in [0.05, 0.1) is 16.7 Å².